The minimum atomic E-state index is -0.367. The maximum atomic E-state index is 11.3. The first-order valence-electron chi connectivity index (χ1n) is 5.73. The number of hydrogen-bond donors (Lipinski definition) is 2. The van der Waals surface area contributed by atoms with E-state index in [0.717, 1.165) is 19.4 Å². The van der Waals surface area contributed by atoms with Crippen molar-refractivity contribution in [1.29, 1.82) is 0 Å². The molecule has 1 aromatic rings. The summed E-state index contributed by atoms with van der Waals surface area (Å²) in [5.41, 5.74) is 5.58. The molecule has 0 saturated heterocycles. The van der Waals surface area contributed by atoms with Gasteiger partial charge in [0.2, 0.25) is 5.91 Å². The first kappa shape index (κ1) is 12.7. The topological polar surface area (TPSA) is 72.9 Å². The van der Waals surface area contributed by atoms with E-state index in [2.05, 4.69) is 10.3 Å². The molecular weight excluding hydrogens is 204 g/mol. The molecule has 0 saturated carbocycles. The Bertz CT molecular complexity index is 297. The van der Waals surface area contributed by atoms with Gasteiger partial charge in [-0.05, 0) is 19.3 Å². The highest BCUT2D eigenvalue weighted by atomic mass is 16.2. The molecule has 0 aliphatic heterocycles. The van der Waals surface area contributed by atoms with Crippen molar-refractivity contribution in [3.8, 4) is 0 Å². The van der Waals surface area contributed by atoms with Crippen LogP contribution in [0.3, 0.4) is 0 Å². The molecule has 1 rings (SSSR count). The van der Waals surface area contributed by atoms with E-state index in [1.165, 1.54) is 0 Å². The maximum absolute atomic E-state index is 11.3. The predicted molar refractivity (Wildman–Crippen MR) is 62.7 cm³/mol. The van der Waals surface area contributed by atoms with Crippen LogP contribution >= 0.6 is 0 Å². The minimum absolute atomic E-state index is 0.0508. The monoisotopic (exact) mass is 224 g/mol. The van der Waals surface area contributed by atoms with Gasteiger partial charge in [0.15, 0.2) is 0 Å². The molecule has 1 atom stereocenters. The molecule has 5 heteroatoms. The van der Waals surface area contributed by atoms with Crippen LogP contribution in [0.5, 0.6) is 0 Å². The molecule has 1 aromatic heterocycles. The van der Waals surface area contributed by atoms with Gasteiger partial charge in [-0.1, -0.05) is 6.92 Å². The van der Waals surface area contributed by atoms with Crippen molar-refractivity contribution in [2.45, 2.75) is 38.8 Å². The van der Waals surface area contributed by atoms with Gasteiger partial charge in [0.25, 0.3) is 0 Å². The number of aryl methyl sites for hydroxylation is 1. The molecule has 0 spiro atoms. The molecule has 0 bridgehead atoms. The van der Waals surface area contributed by atoms with Gasteiger partial charge in [-0.3, -0.25) is 4.79 Å². The van der Waals surface area contributed by atoms with Crippen LogP contribution in [0.25, 0.3) is 0 Å². The van der Waals surface area contributed by atoms with Crippen LogP contribution in [-0.2, 0) is 11.3 Å². The second-order valence-electron chi connectivity index (χ2n) is 3.81. The molecule has 0 unspecified atom stereocenters. The summed E-state index contributed by atoms with van der Waals surface area (Å²) in [5, 5.41) is 2.82. The lowest BCUT2D eigenvalue weighted by Gasteiger charge is -2.09. The summed E-state index contributed by atoms with van der Waals surface area (Å²) in [7, 11) is 0. The fourth-order valence-electron chi connectivity index (χ4n) is 1.37. The van der Waals surface area contributed by atoms with E-state index in [4.69, 9.17) is 5.73 Å². The van der Waals surface area contributed by atoms with Crippen molar-refractivity contribution in [2.75, 3.05) is 6.54 Å². The Morgan fingerprint density at radius 3 is 3.00 bits per heavy atom. The van der Waals surface area contributed by atoms with Crippen LogP contribution in [0, 0.1) is 0 Å². The number of amides is 1. The Kier molecular flexibility index (Phi) is 5.56. The minimum Gasteiger partial charge on any atom is -0.355 e. The van der Waals surface area contributed by atoms with E-state index >= 15 is 0 Å². The van der Waals surface area contributed by atoms with Gasteiger partial charge in [-0.25, -0.2) is 4.98 Å². The lowest BCUT2D eigenvalue weighted by atomic mass is 10.2. The van der Waals surface area contributed by atoms with E-state index in [9.17, 15) is 4.79 Å². The number of hydrogen-bond acceptors (Lipinski definition) is 3. The molecular formula is C11H20N4O. The molecule has 1 amide bonds. The summed E-state index contributed by atoms with van der Waals surface area (Å²) in [4.78, 5) is 15.3. The summed E-state index contributed by atoms with van der Waals surface area (Å²) in [5.74, 6) is -0.0508. The highest BCUT2D eigenvalue weighted by molar-refractivity contribution is 5.81. The first-order chi connectivity index (χ1) is 7.74. The van der Waals surface area contributed by atoms with Gasteiger partial charge in [0.05, 0.1) is 12.4 Å². The van der Waals surface area contributed by atoms with Crippen molar-refractivity contribution < 1.29 is 4.79 Å². The second kappa shape index (κ2) is 7.00. The quantitative estimate of drug-likeness (QED) is 0.663. The number of aromatic nitrogens is 2. The SMILES string of the molecule is CC[C@H](N)C(=O)NCCCCn1ccnc1. The van der Waals surface area contributed by atoms with Gasteiger partial charge in [0.1, 0.15) is 0 Å². The Morgan fingerprint density at radius 2 is 2.38 bits per heavy atom. The predicted octanol–water partition coefficient (Wildman–Crippen LogP) is 0.517. The van der Waals surface area contributed by atoms with Crippen molar-refractivity contribution in [3.05, 3.63) is 18.7 Å². The lowest BCUT2D eigenvalue weighted by Crippen LogP contribution is -2.40. The molecule has 0 aromatic carbocycles. The second-order valence-corrected chi connectivity index (χ2v) is 3.81. The van der Waals surface area contributed by atoms with Crippen molar-refractivity contribution in [1.82, 2.24) is 14.9 Å². The number of imidazole rings is 1. The smallest absolute Gasteiger partial charge is 0.236 e. The molecule has 16 heavy (non-hydrogen) atoms. The summed E-state index contributed by atoms with van der Waals surface area (Å²) < 4.78 is 2.03. The van der Waals surface area contributed by atoms with E-state index in [1.54, 1.807) is 12.5 Å². The summed E-state index contributed by atoms with van der Waals surface area (Å²) in [6.07, 6.45) is 8.17. The number of rotatable bonds is 7. The lowest BCUT2D eigenvalue weighted by molar-refractivity contribution is -0.122. The first-order valence-corrected chi connectivity index (χ1v) is 5.73. The molecule has 0 aliphatic carbocycles. The summed E-state index contributed by atoms with van der Waals surface area (Å²) in [6, 6.07) is -0.367. The molecule has 3 N–H and O–H groups in total. The fraction of sp³-hybridized carbons (Fsp3) is 0.636. The average molecular weight is 224 g/mol. The van der Waals surface area contributed by atoms with Crippen LogP contribution in [0.4, 0.5) is 0 Å². The highest BCUT2D eigenvalue weighted by Gasteiger charge is 2.08. The van der Waals surface area contributed by atoms with Gasteiger partial charge >= 0.3 is 0 Å². The Morgan fingerprint density at radius 1 is 1.56 bits per heavy atom. The normalized spacial score (nSPS) is 12.4. The number of nitrogens with zero attached hydrogens (tertiary/aromatic N) is 2. The maximum Gasteiger partial charge on any atom is 0.236 e. The largest absolute Gasteiger partial charge is 0.355 e. The van der Waals surface area contributed by atoms with Crippen LogP contribution in [0.2, 0.25) is 0 Å². The Balaban J connectivity index is 2.02. The zero-order valence-electron chi connectivity index (χ0n) is 9.72. The van der Waals surface area contributed by atoms with Crippen LogP contribution in [0.1, 0.15) is 26.2 Å². The average Bonchev–Trinajstić information content (AvgIpc) is 2.80. The third-order valence-electron chi connectivity index (χ3n) is 2.48. The van der Waals surface area contributed by atoms with E-state index in [0.29, 0.717) is 13.0 Å². The van der Waals surface area contributed by atoms with Crippen molar-refractivity contribution in [3.63, 3.8) is 0 Å². The van der Waals surface area contributed by atoms with Crippen LogP contribution < -0.4 is 11.1 Å². The molecule has 0 radical (unpaired) electrons. The molecule has 0 fully saturated rings. The van der Waals surface area contributed by atoms with E-state index < -0.39 is 0 Å². The van der Waals surface area contributed by atoms with Gasteiger partial charge in [-0.2, -0.15) is 0 Å². The zero-order chi connectivity index (χ0) is 11.8. The summed E-state index contributed by atoms with van der Waals surface area (Å²) in [6.45, 7) is 3.54. The standard InChI is InChI=1S/C11H20N4O/c1-2-10(12)11(16)14-5-3-4-7-15-8-6-13-9-15/h6,8-10H,2-5,7,12H2,1H3,(H,14,16)/t10-/m0/s1. The molecule has 5 nitrogen and oxygen atoms in total. The van der Waals surface area contributed by atoms with Crippen LogP contribution in [-0.4, -0.2) is 28.0 Å². The Labute approximate surface area is 96.0 Å². The van der Waals surface area contributed by atoms with Gasteiger partial charge in [-0.15, -0.1) is 0 Å². The van der Waals surface area contributed by atoms with E-state index in [-0.39, 0.29) is 11.9 Å². The zero-order valence-corrected chi connectivity index (χ0v) is 9.72. The molecule has 90 valence electrons. The van der Waals surface area contributed by atoms with Gasteiger partial charge in [0, 0.05) is 25.5 Å². The number of nitrogens with one attached hydrogen (secondary N) is 1. The van der Waals surface area contributed by atoms with Crippen molar-refractivity contribution in [2.24, 2.45) is 5.73 Å². The highest BCUT2D eigenvalue weighted by Crippen LogP contribution is 1.94. The Hall–Kier alpha value is -1.36. The third kappa shape index (κ3) is 4.44. The number of nitrogens with two attached hydrogens (primary N) is 1. The fourth-order valence-corrected chi connectivity index (χ4v) is 1.37. The number of carbonyl (C=O) groups excluding carboxylic acids is 1. The third-order valence-corrected chi connectivity index (χ3v) is 2.48. The van der Waals surface area contributed by atoms with Crippen molar-refractivity contribution >= 4 is 5.91 Å². The summed E-state index contributed by atoms with van der Waals surface area (Å²) >= 11 is 0. The number of carbonyl (C=O) groups is 1. The van der Waals surface area contributed by atoms with Crippen LogP contribution in [0.15, 0.2) is 18.7 Å². The van der Waals surface area contributed by atoms with E-state index in [1.807, 2.05) is 17.7 Å². The molecule has 1 heterocycles. The number of unbranched alkanes of at least 4 members (excludes halogenated alkanes) is 1. The molecule has 0 aliphatic rings. The van der Waals surface area contributed by atoms with Gasteiger partial charge < -0.3 is 15.6 Å².